The maximum absolute atomic E-state index is 5.95. The number of hydrogen-bond donors (Lipinski definition) is 2. The minimum absolute atomic E-state index is 0.199. The SMILES string of the molecule is CCCCCNC.COP(C)(Cl)(Cl)Cl.Cc1cc(-c2ccc(C(C)(C)C)cc2)c(C)cc1N. The summed E-state index contributed by atoms with van der Waals surface area (Å²) in [6, 6.07) is 13.1. The van der Waals surface area contributed by atoms with Gasteiger partial charge < -0.3 is 11.1 Å². The number of rotatable bonds is 6. The van der Waals surface area contributed by atoms with E-state index in [9.17, 15) is 0 Å². The topological polar surface area (TPSA) is 47.3 Å². The van der Waals surface area contributed by atoms with Crippen LogP contribution in [0.1, 0.15) is 63.6 Å². The molecule has 3 nitrogen and oxygen atoms in total. The molecule has 190 valence electrons. The number of nitrogen functional groups attached to an aromatic ring is 1. The van der Waals surface area contributed by atoms with Gasteiger partial charge in [-0.25, -0.2) is 0 Å². The molecular weight excluding hydrogens is 494 g/mol. The van der Waals surface area contributed by atoms with E-state index >= 15 is 0 Å². The van der Waals surface area contributed by atoms with Gasteiger partial charge in [-0.05, 0) is 79.2 Å². The Hall–Kier alpha value is -0.540. The Kier molecular flexibility index (Phi) is 13.9. The zero-order chi connectivity index (χ0) is 25.9. The zero-order valence-corrected chi connectivity index (χ0v) is 25.0. The van der Waals surface area contributed by atoms with Crippen molar-refractivity contribution in [2.24, 2.45) is 0 Å². The first-order valence-electron chi connectivity index (χ1n) is 11.4. The Labute approximate surface area is 217 Å². The molecule has 3 N–H and O–H groups in total. The van der Waals surface area contributed by atoms with Gasteiger partial charge in [-0.2, -0.15) is 0 Å². The number of unbranched alkanes of at least 4 members (excludes halogenated alkanes) is 2. The summed E-state index contributed by atoms with van der Waals surface area (Å²) < 4.78 is 4.55. The van der Waals surface area contributed by atoms with E-state index in [-0.39, 0.29) is 5.41 Å². The van der Waals surface area contributed by atoms with Crippen molar-refractivity contribution in [1.29, 1.82) is 0 Å². The van der Waals surface area contributed by atoms with E-state index in [1.165, 1.54) is 61.8 Å². The molecule has 2 aromatic rings. The molecule has 0 aliphatic rings. The van der Waals surface area contributed by atoms with Crippen LogP contribution in [0.5, 0.6) is 0 Å². The van der Waals surface area contributed by atoms with Crippen LogP contribution in [-0.2, 0) is 9.94 Å². The van der Waals surface area contributed by atoms with E-state index in [4.69, 9.17) is 39.5 Å². The molecule has 2 rings (SSSR count). The third-order valence-corrected chi connectivity index (χ3v) is 7.12. The Balaban J connectivity index is 0.000000605. The van der Waals surface area contributed by atoms with Crippen molar-refractivity contribution in [2.45, 2.75) is 66.2 Å². The molecule has 0 radical (unpaired) electrons. The van der Waals surface area contributed by atoms with Crippen molar-refractivity contribution in [2.75, 3.05) is 33.1 Å². The van der Waals surface area contributed by atoms with Gasteiger partial charge in [0.15, 0.2) is 0 Å². The van der Waals surface area contributed by atoms with Crippen LogP contribution in [-0.4, -0.2) is 27.4 Å². The van der Waals surface area contributed by atoms with Crippen LogP contribution < -0.4 is 11.1 Å². The number of nitrogens with two attached hydrogens (primary N) is 1. The first kappa shape index (κ1) is 32.5. The van der Waals surface area contributed by atoms with Gasteiger partial charge in [0, 0.05) is 5.69 Å². The summed E-state index contributed by atoms with van der Waals surface area (Å²) in [5, 5.41) is 3.10. The predicted molar refractivity (Wildman–Crippen MR) is 155 cm³/mol. The number of benzene rings is 2. The normalized spacial score (nSPS) is 12.5. The molecule has 0 amide bonds. The molecule has 0 aliphatic heterocycles. The number of anilines is 1. The van der Waals surface area contributed by atoms with Crippen molar-refractivity contribution in [3.05, 3.63) is 53.1 Å². The Morgan fingerprint density at radius 2 is 1.48 bits per heavy atom. The predicted octanol–water partition coefficient (Wildman–Crippen LogP) is 9.44. The van der Waals surface area contributed by atoms with Crippen molar-refractivity contribution < 1.29 is 4.52 Å². The van der Waals surface area contributed by atoms with Crippen LogP contribution in [0.4, 0.5) is 5.69 Å². The van der Waals surface area contributed by atoms with Crippen molar-refractivity contribution >= 4 is 44.3 Å². The van der Waals surface area contributed by atoms with Crippen LogP contribution in [0, 0.1) is 13.8 Å². The molecule has 0 bridgehead atoms. The monoisotopic (exact) mass is 536 g/mol. The number of hydrogen-bond acceptors (Lipinski definition) is 3. The molecule has 0 unspecified atom stereocenters. The third-order valence-electron chi connectivity index (χ3n) is 5.09. The third kappa shape index (κ3) is 14.5. The fraction of sp³-hybridized carbons (Fsp3) is 0.538. The van der Waals surface area contributed by atoms with Gasteiger partial charge in [0.25, 0.3) is 0 Å². The molecule has 0 saturated heterocycles. The van der Waals surface area contributed by atoms with E-state index in [0.717, 1.165) is 11.3 Å². The van der Waals surface area contributed by atoms with E-state index in [1.54, 1.807) is 0 Å². The smallest absolute Gasteiger partial charge is 0.0346 e. The van der Waals surface area contributed by atoms with E-state index in [1.807, 2.05) is 7.05 Å². The van der Waals surface area contributed by atoms with E-state index < -0.39 is 4.89 Å². The van der Waals surface area contributed by atoms with Gasteiger partial charge in [-0.3, -0.25) is 0 Å². The zero-order valence-electron chi connectivity index (χ0n) is 21.9. The molecule has 2 aromatic carbocycles. The fourth-order valence-corrected chi connectivity index (χ4v) is 2.85. The maximum atomic E-state index is 5.95. The number of halogens is 3. The summed E-state index contributed by atoms with van der Waals surface area (Å²) >= 11 is 16.2. The van der Waals surface area contributed by atoms with Crippen molar-refractivity contribution in [3.8, 4) is 11.1 Å². The van der Waals surface area contributed by atoms with Crippen LogP contribution in [0.15, 0.2) is 36.4 Å². The van der Waals surface area contributed by atoms with Crippen LogP contribution in [0.25, 0.3) is 11.1 Å². The molecule has 0 fully saturated rings. The summed E-state index contributed by atoms with van der Waals surface area (Å²) in [5.74, 6) is 0. The summed E-state index contributed by atoms with van der Waals surface area (Å²) in [4.78, 5) is -3.16. The summed E-state index contributed by atoms with van der Waals surface area (Å²) in [6.45, 7) is 15.7. The van der Waals surface area contributed by atoms with Crippen molar-refractivity contribution in [3.63, 3.8) is 0 Å². The first-order chi connectivity index (χ1) is 15.0. The fourth-order valence-electron chi connectivity index (χ4n) is 2.85. The number of aryl methyl sites for hydroxylation is 2. The minimum Gasteiger partial charge on any atom is -0.399 e. The molecule has 0 aliphatic carbocycles. The molecule has 0 atom stereocenters. The standard InChI is InChI=1S/C18H23N.C6H15N.C2H6Cl3OP/c1-12-11-17(19)13(2)10-16(12)14-6-8-15(9-7-14)18(3,4)5;1-3-4-5-6-7-2;1-6-7(2,3,4)5/h6-11H,19H2,1-5H3;7H,3-6H2,1-2H3;1-2H3. The van der Waals surface area contributed by atoms with E-state index in [0.29, 0.717) is 0 Å². The van der Waals surface area contributed by atoms with Gasteiger partial charge in [-0.1, -0.05) is 64.8 Å². The second-order valence-electron chi connectivity index (χ2n) is 9.43. The largest absolute Gasteiger partial charge is 0.399 e. The molecule has 0 aromatic heterocycles. The Morgan fingerprint density at radius 1 is 0.970 bits per heavy atom. The summed E-state index contributed by atoms with van der Waals surface area (Å²) in [6.07, 6.45) is 4.01. The summed E-state index contributed by atoms with van der Waals surface area (Å²) in [7, 11) is 3.38. The van der Waals surface area contributed by atoms with Gasteiger partial charge in [-0.15, -0.1) is 0 Å². The quantitative estimate of drug-likeness (QED) is 0.219. The number of nitrogens with one attached hydrogen (secondary N) is 1. The molecule has 7 heteroatoms. The van der Waals surface area contributed by atoms with E-state index in [2.05, 4.69) is 87.8 Å². The molecule has 0 saturated carbocycles. The average molecular weight is 538 g/mol. The van der Waals surface area contributed by atoms with Gasteiger partial charge in [0.05, 0.1) is 0 Å². The van der Waals surface area contributed by atoms with Crippen molar-refractivity contribution in [1.82, 2.24) is 5.32 Å². The molecule has 0 heterocycles. The van der Waals surface area contributed by atoms with Gasteiger partial charge in [0.2, 0.25) is 0 Å². The maximum Gasteiger partial charge on any atom is 0.0346 e. The van der Waals surface area contributed by atoms with Gasteiger partial charge in [0.1, 0.15) is 0 Å². The molecule has 33 heavy (non-hydrogen) atoms. The minimum atomic E-state index is -3.16. The Morgan fingerprint density at radius 3 is 1.88 bits per heavy atom. The van der Waals surface area contributed by atoms with Crippen LogP contribution in [0.2, 0.25) is 0 Å². The second kappa shape index (κ2) is 14.1. The second-order valence-corrected chi connectivity index (χ2v) is 20.9. The first-order valence-corrected chi connectivity index (χ1v) is 16.7. The molecular formula is C26H44Cl3N2OP. The van der Waals surface area contributed by atoms with Crippen LogP contribution in [0.3, 0.4) is 0 Å². The van der Waals surface area contributed by atoms with Crippen LogP contribution >= 0.6 is 38.6 Å². The van der Waals surface area contributed by atoms with Gasteiger partial charge >= 0.3 is 56.9 Å². The summed E-state index contributed by atoms with van der Waals surface area (Å²) in [5.41, 5.74) is 13.3. The Bertz CT molecular complexity index is 828. The molecule has 0 spiro atoms. The average Bonchev–Trinajstić information content (AvgIpc) is 2.70.